The van der Waals surface area contributed by atoms with E-state index in [9.17, 15) is 4.79 Å². The third kappa shape index (κ3) is 5.09. The molecule has 0 atom stereocenters. The molecule has 0 saturated heterocycles. The van der Waals surface area contributed by atoms with E-state index in [1.54, 1.807) is 6.33 Å². The van der Waals surface area contributed by atoms with Gasteiger partial charge in [0.25, 0.3) is 0 Å². The molecule has 0 aliphatic carbocycles. The van der Waals surface area contributed by atoms with Crippen molar-refractivity contribution in [2.75, 3.05) is 24.2 Å². The predicted octanol–water partition coefficient (Wildman–Crippen LogP) is 1.86. The second-order valence-corrected chi connectivity index (χ2v) is 5.74. The van der Waals surface area contributed by atoms with Crippen LogP contribution in [0.15, 0.2) is 12.7 Å². The van der Waals surface area contributed by atoms with E-state index in [0.29, 0.717) is 25.3 Å². The number of carbonyl (C=O) groups excluding carboxylic acids is 1. The first-order chi connectivity index (χ1) is 11.3. The van der Waals surface area contributed by atoms with E-state index < -0.39 is 0 Å². The van der Waals surface area contributed by atoms with Crippen LogP contribution < -0.4 is 10.6 Å². The number of hydrogen-bond acceptors (Lipinski definition) is 6. The number of aryl methyl sites for hydroxylation is 1. The van der Waals surface area contributed by atoms with Gasteiger partial charge in [-0.15, -0.1) is 0 Å². The lowest BCUT2D eigenvalue weighted by molar-refractivity contribution is -0.121. The molecule has 0 radical (unpaired) electrons. The van der Waals surface area contributed by atoms with Crippen molar-refractivity contribution in [3.05, 3.63) is 12.7 Å². The molecule has 2 rings (SSSR count). The number of nitrogens with zero attached hydrogens (tertiary/aromatic N) is 4. The van der Waals surface area contributed by atoms with E-state index >= 15 is 0 Å². The summed E-state index contributed by atoms with van der Waals surface area (Å²) in [7, 11) is 0. The van der Waals surface area contributed by atoms with Crippen LogP contribution in [0.5, 0.6) is 0 Å². The van der Waals surface area contributed by atoms with E-state index in [0.717, 1.165) is 42.7 Å². The molecule has 126 valence electrons. The standard InChI is InChI=1S/C15H24N6OS/c1-2-8-21-11-20-13-14(18-10-19-15(13)21)17-7-6-16-12(22)5-3-4-9-23/h10-11,23H,2-9H2,1H3,(H,16,22)(H,17,18,19). The van der Waals surface area contributed by atoms with Crippen LogP contribution in [0.2, 0.25) is 0 Å². The lowest BCUT2D eigenvalue weighted by atomic mass is 10.2. The Morgan fingerprint density at radius 1 is 1.26 bits per heavy atom. The van der Waals surface area contributed by atoms with Gasteiger partial charge in [0.15, 0.2) is 11.5 Å². The largest absolute Gasteiger partial charge is 0.366 e. The number of imidazole rings is 1. The van der Waals surface area contributed by atoms with Crippen molar-refractivity contribution in [3.8, 4) is 0 Å². The van der Waals surface area contributed by atoms with Crippen molar-refractivity contribution in [1.82, 2.24) is 24.8 Å². The predicted molar refractivity (Wildman–Crippen MR) is 94.8 cm³/mol. The van der Waals surface area contributed by atoms with Crippen molar-refractivity contribution >= 4 is 35.5 Å². The molecule has 2 N–H and O–H groups in total. The molecule has 0 fully saturated rings. The number of rotatable bonds is 10. The van der Waals surface area contributed by atoms with Gasteiger partial charge in [-0.2, -0.15) is 12.6 Å². The van der Waals surface area contributed by atoms with E-state index in [4.69, 9.17) is 0 Å². The highest BCUT2D eigenvalue weighted by molar-refractivity contribution is 7.80. The second kappa shape index (κ2) is 9.34. The minimum Gasteiger partial charge on any atom is -0.366 e. The highest BCUT2D eigenvalue weighted by Crippen LogP contribution is 2.17. The normalized spacial score (nSPS) is 10.9. The lowest BCUT2D eigenvalue weighted by Crippen LogP contribution is -2.28. The van der Waals surface area contributed by atoms with Gasteiger partial charge in [-0.05, 0) is 25.0 Å². The van der Waals surface area contributed by atoms with Gasteiger partial charge in [0.05, 0.1) is 6.33 Å². The molecule has 8 heteroatoms. The zero-order valence-electron chi connectivity index (χ0n) is 13.5. The van der Waals surface area contributed by atoms with Crippen molar-refractivity contribution in [1.29, 1.82) is 0 Å². The number of anilines is 1. The van der Waals surface area contributed by atoms with Gasteiger partial charge in [-0.3, -0.25) is 4.79 Å². The van der Waals surface area contributed by atoms with Gasteiger partial charge in [-0.1, -0.05) is 6.92 Å². The summed E-state index contributed by atoms with van der Waals surface area (Å²) in [5.74, 6) is 1.60. The quantitative estimate of drug-likeness (QED) is 0.455. The Bertz CT molecular complexity index is 629. The monoisotopic (exact) mass is 336 g/mol. The zero-order valence-corrected chi connectivity index (χ0v) is 14.4. The van der Waals surface area contributed by atoms with Crippen molar-refractivity contribution < 1.29 is 4.79 Å². The molecule has 2 heterocycles. The first-order valence-electron chi connectivity index (χ1n) is 8.03. The Balaban J connectivity index is 1.82. The molecule has 2 aromatic rings. The minimum atomic E-state index is 0.0774. The minimum absolute atomic E-state index is 0.0774. The summed E-state index contributed by atoms with van der Waals surface area (Å²) >= 11 is 4.13. The SMILES string of the molecule is CCCn1cnc2c(NCCNC(=O)CCCCS)ncnc21. The Kier molecular flexibility index (Phi) is 7.12. The number of amides is 1. The third-order valence-corrected chi connectivity index (χ3v) is 3.73. The molecule has 1 amide bonds. The maximum atomic E-state index is 11.6. The van der Waals surface area contributed by atoms with Gasteiger partial charge in [0.2, 0.25) is 5.91 Å². The average molecular weight is 336 g/mol. The number of fused-ring (bicyclic) bond motifs is 1. The Labute approximate surface area is 141 Å². The van der Waals surface area contributed by atoms with Gasteiger partial charge in [-0.25, -0.2) is 15.0 Å². The van der Waals surface area contributed by atoms with Gasteiger partial charge < -0.3 is 15.2 Å². The first-order valence-corrected chi connectivity index (χ1v) is 8.66. The van der Waals surface area contributed by atoms with Crippen molar-refractivity contribution in [2.45, 2.75) is 39.2 Å². The zero-order chi connectivity index (χ0) is 16.5. The Morgan fingerprint density at radius 3 is 2.91 bits per heavy atom. The summed E-state index contributed by atoms with van der Waals surface area (Å²) < 4.78 is 2.02. The molecule has 7 nitrogen and oxygen atoms in total. The number of carbonyl (C=O) groups is 1. The van der Waals surface area contributed by atoms with Crippen molar-refractivity contribution in [2.24, 2.45) is 0 Å². The summed E-state index contributed by atoms with van der Waals surface area (Å²) in [5.41, 5.74) is 1.60. The maximum Gasteiger partial charge on any atom is 0.220 e. The fraction of sp³-hybridized carbons (Fsp3) is 0.600. The molecule has 0 spiro atoms. The summed E-state index contributed by atoms with van der Waals surface area (Å²) in [6.07, 6.45) is 6.75. The van der Waals surface area contributed by atoms with E-state index in [1.165, 1.54) is 6.33 Å². The molecule has 0 saturated carbocycles. The van der Waals surface area contributed by atoms with Crippen LogP contribution in [-0.2, 0) is 11.3 Å². The van der Waals surface area contributed by atoms with Crippen LogP contribution in [0.3, 0.4) is 0 Å². The van der Waals surface area contributed by atoms with Gasteiger partial charge in [0, 0.05) is 26.1 Å². The summed E-state index contributed by atoms with van der Waals surface area (Å²) in [6.45, 7) is 4.16. The van der Waals surface area contributed by atoms with Crippen LogP contribution in [0.1, 0.15) is 32.6 Å². The summed E-state index contributed by atoms with van der Waals surface area (Å²) in [6, 6.07) is 0. The highest BCUT2D eigenvalue weighted by atomic mass is 32.1. The van der Waals surface area contributed by atoms with Crippen LogP contribution in [0, 0.1) is 0 Å². The molecule has 2 aromatic heterocycles. The third-order valence-electron chi connectivity index (χ3n) is 3.42. The van der Waals surface area contributed by atoms with E-state index in [-0.39, 0.29) is 5.91 Å². The molecular weight excluding hydrogens is 312 g/mol. The summed E-state index contributed by atoms with van der Waals surface area (Å²) in [5, 5.41) is 6.10. The second-order valence-electron chi connectivity index (χ2n) is 5.29. The average Bonchev–Trinajstić information content (AvgIpc) is 2.96. The van der Waals surface area contributed by atoms with Gasteiger partial charge >= 0.3 is 0 Å². The topological polar surface area (TPSA) is 84.7 Å². The van der Waals surface area contributed by atoms with Crippen molar-refractivity contribution in [3.63, 3.8) is 0 Å². The first kappa shape index (κ1) is 17.5. The molecule has 0 aliphatic rings. The molecular formula is C15H24N6OS. The number of thiol groups is 1. The van der Waals surface area contributed by atoms with Crippen LogP contribution >= 0.6 is 12.6 Å². The maximum absolute atomic E-state index is 11.6. The number of hydrogen-bond donors (Lipinski definition) is 3. The smallest absolute Gasteiger partial charge is 0.220 e. The molecule has 0 unspecified atom stereocenters. The summed E-state index contributed by atoms with van der Waals surface area (Å²) in [4.78, 5) is 24.5. The Hall–Kier alpha value is -1.83. The van der Waals surface area contributed by atoms with Crippen LogP contribution in [0.4, 0.5) is 5.82 Å². The lowest BCUT2D eigenvalue weighted by Gasteiger charge is -2.08. The molecule has 0 aliphatic heterocycles. The fourth-order valence-corrected chi connectivity index (χ4v) is 2.51. The number of aromatic nitrogens is 4. The molecule has 0 bridgehead atoms. The fourth-order valence-electron chi connectivity index (χ4n) is 2.28. The number of unbranched alkanes of at least 4 members (excludes halogenated alkanes) is 1. The van der Waals surface area contributed by atoms with Crippen LogP contribution in [0.25, 0.3) is 11.2 Å². The number of nitrogens with one attached hydrogen (secondary N) is 2. The van der Waals surface area contributed by atoms with E-state index in [2.05, 4.69) is 45.1 Å². The Morgan fingerprint density at radius 2 is 2.13 bits per heavy atom. The van der Waals surface area contributed by atoms with E-state index in [1.807, 2.05) is 4.57 Å². The van der Waals surface area contributed by atoms with Gasteiger partial charge in [0.1, 0.15) is 11.8 Å². The molecule has 23 heavy (non-hydrogen) atoms. The highest BCUT2D eigenvalue weighted by Gasteiger charge is 2.09. The van der Waals surface area contributed by atoms with Crippen LogP contribution in [-0.4, -0.2) is 44.3 Å². The molecule has 0 aromatic carbocycles.